The van der Waals surface area contributed by atoms with Crippen molar-refractivity contribution in [3.05, 3.63) is 0 Å². The van der Waals surface area contributed by atoms with Crippen molar-refractivity contribution < 1.29 is 4.79 Å². The Labute approximate surface area is 79.0 Å². The van der Waals surface area contributed by atoms with Crippen LogP contribution in [0.2, 0.25) is 0 Å². The molecule has 1 rings (SSSR count). The summed E-state index contributed by atoms with van der Waals surface area (Å²) in [6.45, 7) is 1.65. The Hall–Kier alpha value is -1.06. The van der Waals surface area contributed by atoms with E-state index in [1.165, 1.54) is 0 Å². The van der Waals surface area contributed by atoms with Crippen LogP contribution in [0.1, 0.15) is 19.3 Å². The van der Waals surface area contributed by atoms with E-state index < -0.39 is 0 Å². The average Bonchev–Trinajstić information content (AvgIpc) is 2.47. The molecule has 0 atom stereocenters. The van der Waals surface area contributed by atoms with Gasteiger partial charge in [0.05, 0.1) is 5.84 Å². The predicted octanol–water partition coefficient (Wildman–Crippen LogP) is 0.538. The fraction of sp³-hybridized carbons (Fsp3) is 0.778. The van der Waals surface area contributed by atoms with Gasteiger partial charge in [0.15, 0.2) is 0 Å². The molecule has 1 amide bonds. The molecule has 0 bridgehead atoms. The highest BCUT2D eigenvalue weighted by molar-refractivity contribution is 5.82. The molecule has 0 radical (unpaired) electrons. The second-order valence-electron chi connectivity index (χ2n) is 3.58. The fourth-order valence-corrected chi connectivity index (χ4v) is 1.43. The first-order valence-corrected chi connectivity index (χ1v) is 4.64. The zero-order chi connectivity index (χ0) is 9.84. The summed E-state index contributed by atoms with van der Waals surface area (Å²) in [6, 6.07) is 0. The quantitative estimate of drug-likeness (QED) is 0.694. The minimum absolute atomic E-state index is 0.139. The van der Waals surface area contributed by atoms with E-state index in [4.69, 9.17) is 5.41 Å². The van der Waals surface area contributed by atoms with Crippen LogP contribution in [0, 0.1) is 5.41 Å². The number of amides is 1. The topological polar surface area (TPSA) is 47.4 Å². The summed E-state index contributed by atoms with van der Waals surface area (Å²) in [4.78, 5) is 14.8. The molecule has 1 aliphatic rings. The Kier molecular flexibility index (Phi) is 3.28. The highest BCUT2D eigenvalue weighted by Gasteiger charge is 2.17. The first-order valence-electron chi connectivity index (χ1n) is 4.64. The summed E-state index contributed by atoms with van der Waals surface area (Å²) in [5, 5.41) is 7.56. The third-order valence-electron chi connectivity index (χ3n) is 2.32. The van der Waals surface area contributed by atoms with Crippen molar-refractivity contribution in [3.63, 3.8) is 0 Å². The van der Waals surface area contributed by atoms with Gasteiger partial charge in [0.25, 0.3) is 0 Å². The van der Waals surface area contributed by atoms with E-state index in [2.05, 4.69) is 0 Å². The van der Waals surface area contributed by atoms with Crippen LogP contribution >= 0.6 is 0 Å². The maximum absolute atomic E-state index is 11.2. The first-order chi connectivity index (χ1) is 6.11. The molecule has 0 aromatic heterocycles. The van der Waals surface area contributed by atoms with Gasteiger partial charge in [0, 0.05) is 40.0 Å². The van der Waals surface area contributed by atoms with Crippen LogP contribution in [0.15, 0.2) is 0 Å². The van der Waals surface area contributed by atoms with Gasteiger partial charge in [-0.1, -0.05) is 0 Å². The van der Waals surface area contributed by atoms with Crippen molar-refractivity contribution in [2.24, 2.45) is 0 Å². The molecule has 4 heteroatoms. The Morgan fingerprint density at radius 1 is 1.62 bits per heavy atom. The molecule has 0 aromatic rings. The predicted molar refractivity (Wildman–Crippen MR) is 51.8 cm³/mol. The van der Waals surface area contributed by atoms with Crippen molar-refractivity contribution in [1.29, 1.82) is 5.41 Å². The van der Waals surface area contributed by atoms with Crippen LogP contribution in [-0.4, -0.2) is 48.7 Å². The number of carbonyl (C=O) groups excluding carboxylic acids is 1. The zero-order valence-electron chi connectivity index (χ0n) is 8.34. The van der Waals surface area contributed by atoms with E-state index in [9.17, 15) is 4.79 Å². The van der Waals surface area contributed by atoms with Gasteiger partial charge in [-0.05, 0) is 6.42 Å². The minimum Gasteiger partial charge on any atom is -0.360 e. The second-order valence-corrected chi connectivity index (χ2v) is 3.58. The summed E-state index contributed by atoms with van der Waals surface area (Å²) in [5.74, 6) is 0.825. The van der Waals surface area contributed by atoms with E-state index in [-0.39, 0.29) is 5.91 Å². The van der Waals surface area contributed by atoms with Crippen molar-refractivity contribution in [2.75, 3.05) is 27.2 Å². The molecule has 0 saturated carbocycles. The number of likely N-dealkylation sites (tertiary alicyclic amines) is 1. The van der Waals surface area contributed by atoms with Crippen molar-refractivity contribution in [2.45, 2.75) is 19.3 Å². The van der Waals surface area contributed by atoms with Crippen molar-refractivity contribution in [3.8, 4) is 0 Å². The van der Waals surface area contributed by atoms with Crippen LogP contribution in [0.5, 0.6) is 0 Å². The minimum atomic E-state index is 0.139. The SMILES string of the molecule is CN(C)C(=O)CCN1CCCC1=N. The van der Waals surface area contributed by atoms with Crippen molar-refractivity contribution >= 4 is 11.7 Å². The number of carbonyl (C=O) groups is 1. The van der Waals surface area contributed by atoms with Crippen LogP contribution in [0.3, 0.4) is 0 Å². The largest absolute Gasteiger partial charge is 0.360 e. The molecule has 74 valence electrons. The van der Waals surface area contributed by atoms with Gasteiger partial charge >= 0.3 is 0 Å². The average molecular weight is 183 g/mol. The first kappa shape index (κ1) is 10.0. The maximum Gasteiger partial charge on any atom is 0.223 e. The molecule has 0 aromatic carbocycles. The van der Waals surface area contributed by atoms with Crippen LogP contribution < -0.4 is 0 Å². The van der Waals surface area contributed by atoms with Gasteiger partial charge in [-0.15, -0.1) is 0 Å². The molecular weight excluding hydrogens is 166 g/mol. The highest BCUT2D eigenvalue weighted by Crippen LogP contribution is 2.10. The van der Waals surface area contributed by atoms with Crippen LogP contribution in [0.25, 0.3) is 0 Å². The Balaban J connectivity index is 2.26. The van der Waals surface area contributed by atoms with Gasteiger partial charge < -0.3 is 9.80 Å². The number of nitrogens with one attached hydrogen (secondary N) is 1. The smallest absolute Gasteiger partial charge is 0.223 e. The number of hydrogen-bond acceptors (Lipinski definition) is 2. The molecule has 0 unspecified atom stereocenters. The van der Waals surface area contributed by atoms with Gasteiger partial charge in [-0.2, -0.15) is 0 Å². The lowest BCUT2D eigenvalue weighted by molar-refractivity contribution is -0.128. The summed E-state index contributed by atoms with van der Waals surface area (Å²) in [6.07, 6.45) is 2.46. The molecule has 0 spiro atoms. The van der Waals surface area contributed by atoms with Gasteiger partial charge in [0.2, 0.25) is 5.91 Å². The standard InChI is InChI=1S/C9H17N3O/c1-11(2)9(13)5-7-12-6-3-4-8(12)10/h10H,3-7H2,1-2H3. The number of nitrogens with zero attached hydrogens (tertiary/aromatic N) is 2. The lowest BCUT2D eigenvalue weighted by atomic mass is 10.3. The molecule has 1 aliphatic heterocycles. The van der Waals surface area contributed by atoms with E-state index in [0.717, 1.165) is 19.4 Å². The molecule has 1 heterocycles. The lowest BCUT2D eigenvalue weighted by Gasteiger charge is -2.18. The van der Waals surface area contributed by atoms with E-state index in [0.29, 0.717) is 18.8 Å². The molecule has 0 aliphatic carbocycles. The maximum atomic E-state index is 11.2. The molecule has 1 fully saturated rings. The molecule has 1 saturated heterocycles. The van der Waals surface area contributed by atoms with E-state index in [1.807, 2.05) is 4.90 Å². The van der Waals surface area contributed by atoms with Gasteiger partial charge in [-0.25, -0.2) is 0 Å². The summed E-state index contributed by atoms with van der Waals surface area (Å²) >= 11 is 0. The number of hydrogen-bond donors (Lipinski definition) is 1. The third-order valence-corrected chi connectivity index (χ3v) is 2.32. The van der Waals surface area contributed by atoms with E-state index >= 15 is 0 Å². The summed E-state index contributed by atoms with van der Waals surface area (Å²) in [7, 11) is 3.52. The normalized spacial score (nSPS) is 16.5. The van der Waals surface area contributed by atoms with Gasteiger partial charge in [-0.3, -0.25) is 10.2 Å². The Bertz CT molecular complexity index is 213. The fourth-order valence-electron chi connectivity index (χ4n) is 1.43. The molecular formula is C9H17N3O. The number of amidine groups is 1. The molecule has 13 heavy (non-hydrogen) atoms. The van der Waals surface area contributed by atoms with Gasteiger partial charge in [0.1, 0.15) is 0 Å². The van der Waals surface area contributed by atoms with Crippen molar-refractivity contribution in [1.82, 2.24) is 9.80 Å². The highest BCUT2D eigenvalue weighted by atomic mass is 16.2. The second kappa shape index (κ2) is 4.25. The lowest BCUT2D eigenvalue weighted by Crippen LogP contribution is -2.30. The zero-order valence-corrected chi connectivity index (χ0v) is 8.34. The van der Waals surface area contributed by atoms with E-state index in [1.54, 1.807) is 19.0 Å². The van der Waals surface area contributed by atoms with Crippen LogP contribution in [0.4, 0.5) is 0 Å². The molecule has 1 N–H and O–H groups in total. The Morgan fingerprint density at radius 3 is 2.77 bits per heavy atom. The third kappa shape index (κ3) is 2.72. The van der Waals surface area contributed by atoms with Crippen LogP contribution in [-0.2, 0) is 4.79 Å². The number of rotatable bonds is 3. The summed E-state index contributed by atoms with van der Waals surface area (Å²) < 4.78 is 0. The molecule has 4 nitrogen and oxygen atoms in total. The Morgan fingerprint density at radius 2 is 2.31 bits per heavy atom. The summed E-state index contributed by atoms with van der Waals surface area (Å²) in [5.41, 5.74) is 0. The monoisotopic (exact) mass is 183 g/mol.